The Morgan fingerprint density at radius 1 is 0.975 bits per heavy atom. The number of aromatic nitrogens is 2. The summed E-state index contributed by atoms with van der Waals surface area (Å²) in [6.07, 6.45) is 10.8. The van der Waals surface area contributed by atoms with E-state index in [1.807, 2.05) is 6.20 Å². The third-order valence-electron chi connectivity index (χ3n) is 9.80. The Morgan fingerprint density at radius 2 is 1.62 bits per heavy atom. The van der Waals surface area contributed by atoms with Gasteiger partial charge in [0.1, 0.15) is 12.4 Å². The first-order chi connectivity index (χ1) is 18.7. The standard InChI is InChI=1S/C31H52N4O3Si2/c1-31(2,3)40(7,8)38-20-23-9-11-24(12-10-23)34-21-35(25-13-14-25)30(36)27-19-32-29-26(28(27)34)15-16-33(29)22-37-17-18-39(4,5)6/h15-16,19,23-25H,9-14,17-18,20-22H2,1-8H3. The zero-order chi connectivity index (χ0) is 28.9. The van der Waals surface area contributed by atoms with E-state index in [1.165, 1.54) is 12.8 Å². The molecule has 2 saturated carbocycles. The minimum absolute atomic E-state index is 0.152. The number of pyridine rings is 1. The average Bonchev–Trinajstić information content (AvgIpc) is 3.64. The summed E-state index contributed by atoms with van der Waals surface area (Å²) in [6, 6.07) is 4.11. The van der Waals surface area contributed by atoms with Crippen molar-refractivity contribution in [2.75, 3.05) is 24.8 Å². The van der Waals surface area contributed by atoms with E-state index in [-0.39, 0.29) is 10.9 Å². The molecule has 2 fully saturated rings. The van der Waals surface area contributed by atoms with Gasteiger partial charge in [0.05, 0.1) is 17.9 Å². The number of ether oxygens (including phenoxy) is 1. The van der Waals surface area contributed by atoms with Crippen LogP contribution in [0.25, 0.3) is 11.0 Å². The molecule has 0 saturated heterocycles. The lowest BCUT2D eigenvalue weighted by atomic mass is 9.85. The third kappa shape index (κ3) is 6.37. The largest absolute Gasteiger partial charge is 0.417 e. The second-order valence-electron chi connectivity index (χ2n) is 15.3. The highest BCUT2D eigenvalue weighted by Gasteiger charge is 2.43. The summed E-state index contributed by atoms with van der Waals surface area (Å²) in [5.74, 6) is 0.779. The number of hydrogen-bond acceptors (Lipinski definition) is 5. The van der Waals surface area contributed by atoms with Crippen molar-refractivity contribution in [3.05, 3.63) is 24.0 Å². The van der Waals surface area contributed by atoms with E-state index in [4.69, 9.17) is 14.1 Å². The van der Waals surface area contributed by atoms with Gasteiger partial charge in [-0.1, -0.05) is 40.4 Å². The van der Waals surface area contributed by atoms with Gasteiger partial charge in [-0.05, 0) is 74.7 Å². The molecule has 7 nitrogen and oxygen atoms in total. The van der Waals surface area contributed by atoms with Gasteiger partial charge in [-0.15, -0.1) is 0 Å². The number of fused-ring (bicyclic) bond motifs is 3. The molecule has 2 aromatic rings. The van der Waals surface area contributed by atoms with E-state index in [0.29, 0.717) is 31.4 Å². The Bertz CT molecular complexity index is 1200. The van der Waals surface area contributed by atoms with Gasteiger partial charge >= 0.3 is 0 Å². The maximum Gasteiger partial charge on any atom is 0.259 e. The molecule has 0 aromatic carbocycles. The van der Waals surface area contributed by atoms with Crippen LogP contribution in [0.1, 0.15) is 69.7 Å². The molecule has 0 bridgehead atoms. The topological polar surface area (TPSA) is 59.8 Å². The molecule has 0 N–H and O–H groups in total. The van der Waals surface area contributed by atoms with Gasteiger partial charge < -0.3 is 23.5 Å². The predicted octanol–water partition coefficient (Wildman–Crippen LogP) is 7.31. The zero-order valence-corrected chi connectivity index (χ0v) is 28.3. The summed E-state index contributed by atoms with van der Waals surface area (Å²) >= 11 is 0. The Labute approximate surface area is 243 Å². The number of hydrogen-bond donors (Lipinski definition) is 0. The molecule has 2 aromatic heterocycles. The van der Waals surface area contributed by atoms with Crippen LogP contribution in [0.2, 0.25) is 43.8 Å². The molecule has 2 aliphatic carbocycles. The zero-order valence-electron chi connectivity index (χ0n) is 26.3. The summed E-state index contributed by atoms with van der Waals surface area (Å²) in [7, 11) is -2.86. The molecular weight excluding hydrogens is 533 g/mol. The fraction of sp³-hybridized carbons (Fsp3) is 0.742. The van der Waals surface area contributed by atoms with Crippen LogP contribution in [0.3, 0.4) is 0 Å². The van der Waals surface area contributed by atoms with Crippen LogP contribution in [-0.4, -0.2) is 68.7 Å². The second-order valence-corrected chi connectivity index (χ2v) is 25.7. The van der Waals surface area contributed by atoms with E-state index in [2.05, 4.69) is 80.1 Å². The first-order valence-electron chi connectivity index (χ1n) is 15.5. The van der Waals surface area contributed by atoms with Gasteiger partial charge in [-0.2, -0.15) is 0 Å². The van der Waals surface area contributed by atoms with Crippen LogP contribution in [0, 0.1) is 5.92 Å². The first-order valence-corrected chi connectivity index (χ1v) is 22.1. The SMILES string of the molecule is CC(C)(C)[Si](C)(C)OCC1CCC(N2CN(C3CC3)C(=O)c3cnc4c(ccn4COCC[Si](C)(C)C)c32)CC1. The van der Waals surface area contributed by atoms with E-state index >= 15 is 0 Å². The van der Waals surface area contributed by atoms with Crippen molar-refractivity contribution < 1.29 is 14.0 Å². The van der Waals surface area contributed by atoms with E-state index in [0.717, 1.165) is 67.2 Å². The van der Waals surface area contributed by atoms with Gasteiger partial charge in [-0.25, -0.2) is 4.98 Å². The summed E-state index contributed by atoms with van der Waals surface area (Å²) < 4.78 is 14.8. The maximum absolute atomic E-state index is 13.6. The van der Waals surface area contributed by atoms with Gasteiger partial charge in [0.2, 0.25) is 0 Å². The molecule has 0 spiro atoms. The van der Waals surface area contributed by atoms with Crippen molar-refractivity contribution in [1.82, 2.24) is 14.5 Å². The monoisotopic (exact) mass is 584 g/mol. The minimum Gasteiger partial charge on any atom is -0.417 e. The average molecular weight is 585 g/mol. The fourth-order valence-corrected chi connectivity index (χ4v) is 7.66. The third-order valence-corrected chi connectivity index (χ3v) is 16.0. The van der Waals surface area contributed by atoms with Crippen LogP contribution in [0.15, 0.2) is 18.5 Å². The molecule has 3 heterocycles. The van der Waals surface area contributed by atoms with Gasteiger partial charge in [0.25, 0.3) is 5.91 Å². The number of rotatable bonds is 10. The minimum atomic E-state index is -1.73. The molecular formula is C31H52N4O3Si2. The van der Waals surface area contributed by atoms with Crippen LogP contribution in [0.4, 0.5) is 5.69 Å². The van der Waals surface area contributed by atoms with Gasteiger partial charge in [-0.3, -0.25) is 4.79 Å². The molecule has 0 radical (unpaired) electrons. The van der Waals surface area contributed by atoms with Crippen LogP contribution in [-0.2, 0) is 15.9 Å². The Kier molecular flexibility index (Phi) is 8.33. The molecule has 1 aliphatic heterocycles. The number of carbonyl (C=O) groups excluding carboxylic acids is 1. The number of amides is 1. The molecule has 1 amide bonds. The molecule has 3 aliphatic rings. The van der Waals surface area contributed by atoms with Crippen LogP contribution >= 0.6 is 0 Å². The lowest BCUT2D eigenvalue weighted by molar-refractivity contribution is 0.0717. The molecule has 5 rings (SSSR count). The van der Waals surface area contributed by atoms with Gasteiger partial charge in [0, 0.05) is 51.2 Å². The van der Waals surface area contributed by atoms with Crippen LogP contribution in [0.5, 0.6) is 0 Å². The predicted molar refractivity (Wildman–Crippen MR) is 169 cm³/mol. The quantitative estimate of drug-likeness (QED) is 0.216. The summed E-state index contributed by atoms with van der Waals surface area (Å²) in [6.45, 7) is 21.7. The van der Waals surface area contributed by atoms with Crippen molar-refractivity contribution >= 4 is 39.0 Å². The highest BCUT2D eigenvalue weighted by molar-refractivity contribution is 6.76. The van der Waals surface area contributed by atoms with Crippen molar-refractivity contribution in [3.8, 4) is 0 Å². The van der Waals surface area contributed by atoms with E-state index in [9.17, 15) is 4.79 Å². The summed E-state index contributed by atoms with van der Waals surface area (Å²) in [4.78, 5) is 23.1. The van der Waals surface area contributed by atoms with Gasteiger partial charge in [0.15, 0.2) is 8.32 Å². The highest BCUT2D eigenvalue weighted by Crippen LogP contribution is 2.43. The van der Waals surface area contributed by atoms with Crippen molar-refractivity contribution in [3.63, 3.8) is 0 Å². The lowest BCUT2D eigenvalue weighted by Gasteiger charge is -2.45. The Morgan fingerprint density at radius 3 is 2.25 bits per heavy atom. The maximum atomic E-state index is 13.6. The fourth-order valence-electron chi connectivity index (χ4n) is 5.82. The van der Waals surface area contributed by atoms with E-state index in [1.54, 1.807) is 0 Å². The molecule has 222 valence electrons. The van der Waals surface area contributed by atoms with Crippen molar-refractivity contribution in [1.29, 1.82) is 0 Å². The Balaban J connectivity index is 1.33. The molecule has 40 heavy (non-hydrogen) atoms. The number of carbonyl (C=O) groups is 1. The number of anilines is 1. The number of nitrogens with zero attached hydrogens (tertiary/aromatic N) is 4. The Hall–Kier alpha value is -1.69. The second kappa shape index (κ2) is 11.2. The first kappa shape index (κ1) is 29.8. The van der Waals surface area contributed by atoms with Crippen molar-refractivity contribution in [2.45, 2.75) is 122 Å². The summed E-state index contributed by atoms with van der Waals surface area (Å²) in [5, 5.41) is 1.33. The molecule has 0 atom stereocenters. The van der Waals surface area contributed by atoms with E-state index < -0.39 is 16.4 Å². The van der Waals surface area contributed by atoms with Crippen LogP contribution < -0.4 is 4.90 Å². The molecule has 9 heteroatoms. The summed E-state index contributed by atoms with van der Waals surface area (Å²) in [5.41, 5.74) is 2.78. The highest BCUT2D eigenvalue weighted by atomic mass is 28.4. The normalized spacial score (nSPS) is 22.8. The van der Waals surface area contributed by atoms with Crippen molar-refractivity contribution in [2.24, 2.45) is 5.92 Å². The molecule has 0 unspecified atom stereocenters. The smallest absolute Gasteiger partial charge is 0.259 e. The lowest BCUT2D eigenvalue weighted by Crippen LogP contribution is -2.52.